The van der Waals surface area contributed by atoms with Gasteiger partial charge in [0.2, 0.25) is 0 Å². The molecule has 0 radical (unpaired) electrons. The van der Waals surface area contributed by atoms with Crippen LogP contribution in [0.3, 0.4) is 0 Å². The number of hydrogen-bond donors (Lipinski definition) is 0. The van der Waals surface area contributed by atoms with Gasteiger partial charge in [-0.3, -0.25) is 0 Å². The topological polar surface area (TPSA) is 32.8 Å². The van der Waals surface area contributed by atoms with Crippen molar-refractivity contribution < 1.29 is 8.83 Å². The average Bonchev–Trinajstić information content (AvgIpc) is 4.00. The van der Waals surface area contributed by atoms with Gasteiger partial charge in [-0.25, -0.2) is 0 Å². The van der Waals surface area contributed by atoms with Crippen molar-refractivity contribution in [2.75, 3.05) is 9.80 Å². The molecule has 68 heavy (non-hydrogen) atoms. The SMILES string of the molecule is C/C=C\c1oc2c(N(c3ccc(C)cc3)c3ccc(C)cc3)cc3c(c2c1C)-c1cc2c(cc1C3(C)C)-c1c(cc(N(c3ccc(C)cc3)c3ccc(C)cc3)c3c1oc1ccccc13)C2(C)C. The van der Waals surface area contributed by atoms with Crippen LogP contribution in [0.5, 0.6) is 0 Å². The summed E-state index contributed by atoms with van der Waals surface area (Å²) in [4.78, 5) is 4.81. The molecule has 10 aromatic rings. The molecule has 0 bridgehead atoms. The van der Waals surface area contributed by atoms with E-state index in [0.717, 1.165) is 73.0 Å². The monoisotopic (exact) mass is 884 g/mol. The summed E-state index contributed by atoms with van der Waals surface area (Å²) in [7, 11) is 0. The molecular formula is C64H56N2O2. The summed E-state index contributed by atoms with van der Waals surface area (Å²) in [6.45, 7) is 22.5. The van der Waals surface area contributed by atoms with Crippen LogP contribution in [-0.2, 0) is 10.8 Å². The first kappa shape index (κ1) is 41.8. The number of hydrogen-bond acceptors (Lipinski definition) is 4. The largest absolute Gasteiger partial charge is 0.455 e. The summed E-state index contributed by atoms with van der Waals surface area (Å²) >= 11 is 0. The molecule has 0 N–H and O–H groups in total. The minimum absolute atomic E-state index is 0.354. The van der Waals surface area contributed by atoms with Crippen LogP contribution in [0.2, 0.25) is 0 Å². The van der Waals surface area contributed by atoms with Crippen molar-refractivity contribution in [1.82, 2.24) is 0 Å². The molecule has 0 spiro atoms. The summed E-state index contributed by atoms with van der Waals surface area (Å²) in [5.41, 5.74) is 24.7. The average molecular weight is 885 g/mol. The number of aryl methyl sites for hydroxylation is 5. The molecule has 0 aliphatic heterocycles. The van der Waals surface area contributed by atoms with Crippen LogP contribution in [0, 0.1) is 34.6 Å². The van der Waals surface area contributed by atoms with Crippen molar-refractivity contribution in [2.24, 2.45) is 0 Å². The van der Waals surface area contributed by atoms with Gasteiger partial charge in [-0.05, 0) is 165 Å². The quantitative estimate of drug-likeness (QED) is 0.160. The number of fused-ring (bicyclic) bond motifs is 12. The second-order valence-electron chi connectivity index (χ2n) is 20.4. The predicted octanol–water partition coefficient (Wildman–Crippen LogP) is 18.5. The Morgan fingerprint density at radius 3 is 1.38 bits per heavy atom. The molecule has 0 saturated carbocycles. The van der Waals surface area contributed by atoms with E-state index in [9.17, 15) is 0 Å². The van der Waals surface area contributed by atoms with E-state index in [1.165, 1.54) is 72.1 Å². The minimum atomic E-state index is -0.366. The summed E-state index contributed by atoms with van der Waals surface area (Å²) < 4.78 is 14.3. The van der Waals surface area contributed by atoms with Crippen molar-refractivity contribution >= 4 is 73.1 Å². The molecular weight excluding hydrogens is 829 g/mol. The molecule has 2 aromatic heterocycles. The maximum absolute atomic E-state index is 7.17. The molecule has 2 heterocycles. The summed E-state index contributed by atoms with van der Waals surface area (Å²) in [5.74, 6) is 0.886. The molecule has 2 aliphatic carbocycles. The van der Waals surface area contributed by atoms with Crippen molar-refractivity contribution in [1.29, 1.82) is 0 Å². The smallest absolute Gasteiger partial charge is 0.159 e. The zero-order chi connectivity index (χ0) is 47.0. The van der Waals surface area contributed by atoms with E-state index >= 15 is 0 Å². The molecule has 4 nitrogen and oxygen atoms in total. The van der Waals surface area contributed by atoms with Crippen LogP contribution < -0.4 is 9.80 Å². The summed E-state index contributed by atoms with van der Waals surface area (Å²) in [6.07, 6.45) is 4.20. The second kappa shape index (κ2) is 15.0. The first-order chi connectivity index (χ1) is 32.7. The van der Waals surface area contributed by atoms with Crippen LogP contribution in [0.4, 0.5) is 34.1 Å². The molecule has 0 unspecified atom stereocenters. The predicted molar refractivity (Wildman–Crippen MR) is 286 cm³/mol. The van der Waals surface area contributed by atoms with Gasteiger partial charge in [-0.15, -0.1) is 0 Å². The van der Waals surface area contributed by atoms with Crippen molar-refractivity contribution in [3.63, 3.8) is 0 Å². The van der Waals surface area contributed by atoms with Crippen LogP contribution >= 0.6 is 0 Å². The number of nitrogens with zero attached hydrogens (tertiary/aromatic N) is 2. The van der Waals surface area contributed by atoms with Gasteiger partial charge in [-0.2, -0.15) is 0 Å². The van der Waals surface area contributed by atoms with Crippen LogP contribution in [0.25, 0.3) is 61.2 Å². The Bertz CT molecular complexity index is 3620. The van der Waals surface area contributed by atoms with Gasteiger partial charge < -0.3 is 18.6 Å². The van der Waals surface area contributed by atoms with E-state index in [4.69, 9.17) is 8.83 Å². The van der Waals surface area contributed by atoms with Crippen LogP contribution in [0.1, 0.15) is 90.4 Å². The highest BCUT2D eigenvalue weighted by atomic mass is 16.3. The van der Waals surface area contributed by atoms with Crippen LogP contribution in [0.15, 0.2) is 161 Å². The lowest BCUT2D eigenvalue weighted by molar-refractivity contribution is 0.601. The third-order valence-electron chi connectivity index (χ3n) is 15.2. The van der Waals surface area contributed by atoms with E-state index in [1.54, 1.807) is 0 Å². The van der Waals surface area contributed by atoms with E-state index < -0.39 is 0 Å². The lowest BCUT2D eigenvalue weighted by Crippen LogP contribution is -2.18. The number of allylic oxidation sites excluding steroid dienone is 1. The third kappa shape index (κ3) is 6.06. The number of para-hydroxylation sites is 1. The highest BCUT2D eigenvalue weighted by Crippen LogP contribution is 2.62. The number of rotatable bonds is 7. The molecule has 0 atom stereocenters. The van der Waals surface area contributed by atoms with E-state index in [0.29, 0.717) is 0 Å². The zero-order valence-corrected chi connectivity index (χ0v) is 40.7. The standard InChI is InChI=1S/C64H56N2O2/c1-11-14-55-41(6)57-58-47-33-50-48(34-49(47)63(7,8)51(58)36-54(61(57)67-55)66(44-29-21-39(4)22-30-44)45-31-23-40(5)24-32-45)59-52(64(50,9)10)35-53(60-46-15-12-13-16-56(46)68-62(59)60)65(42-25-17-37(2)18-26-42)43-27-19-38(3)20-28-43/h11-36H,1-10H3/b14-11-. The molecule has 0 fully saturated rings. The molecule has 334 valence electrons. The number of anilines is 6. The van der Waals surface area contributed by atoms with Gasteiger partial charge in [0.15, 0.2) is 5.58 Å². The van der Waals surface area contributed by atoms with E-state index in [-0.39, 0.29) is 10.8 Å². The van der Waals surface area contributed by atoms with E-state index in [1.807, 2.05) is 0 Å². The lowest BCUT2D eigenvalue weighted by atomic mass is 9.79. The second-order valence-corrected chi connectivity index (χ2v) is 20.4. The first-order valence-electron chi connectivity index (χ1n) is 24.0. The van der Waals surface area contributed by atoms with Gasteiger partial charge in [0.25, 0.3) is 0 Å². The fraction of sp³-hybridized carbons (Fsp3) is 0.188. The number of benzene rings is 8. The van der Waals surface area contributed by atoms with Crippen molar-refractivity contribution in [3.05, 3.63) is 208 Å². The highest BCUT2D eigenvalue weighted by Gasteiger charge is 2.45. The van der Waals surface area contributed by atoms with Gasteiger partial charge in [0.1, 0.15) is 16.9 Å². The normalized spacial score (nSPS) is 14.2. The molecule has 0 saturated heterocycles. The third-order valence-corrected chi connectivity index (χ3v) is 15.2. The van der Waals surface area contributed by atoms with Gasteiger partial charge in [0.05, 0.1) is 16.8 Å². The molecule has 2 aliphatic rings. The van der Waals surface area contributed by atoms with Crippen molar-refractivity contribution in [3.8, 4) is 22.3 Å². The molecule has 4 heteroatoms. The van der Waals surface area contributed by atoms with E-state index in [2.05, 4.69) is 237 Å². The fourth-order valence-electron chi connectivity index (χ4n) is 11.5. The molecule has 8 aromatic carbocycles. The maximum atomic E-state index is 7.17. The lowest BCUT2D eigenvalue weighted by Gasteiger charge is -2.29. The number of furan rings is 2. The van der Waals surface area contributed by atoms with Crippen molar-refractivity contribution in [2.45, 2.75) is 80.1 Å². The molecule has 0 amide bonds. The zero-order valence-electron chi connectivity index (χ0n) is 40.7. The Morgan fingerprint density at radius 2 is 0.882 bits per heavy atom. The van der Waals surface area contributed by atoms with Crippen LogP contribution in [-0.4, -0.2) is 0 Å². The first-order valence-corrected chi connectivity index (χ1v) is 24.0. The maximum Gasteiger partial charge on any atom is 0.159 e. The minimum Gasteiger partial charge on any atom is -0.455 e. The Balaban J connectivity index is 1.13. The highest BCUT2D eigenvalue weighted by molar-refractivity contribution is 6.19. The van der Waals surface area contributed by atoms with Gasteiger partial charge in [-0.1, -0.05) is 123 Å². The van der Waals surface area contributed by atoms with Gasteiger partial charge >= 0.3 is 0 Å². The Kier molecular flexibility index (Phi) is 9.21. The molecule has 12 rings (SSSR count). The Labute approximate surface area is 399 Å². The summed E-state index contributed by atoms with van der Waals surface area (Å²) in [6, 6.07) is 54.0. The Morgan fingerprint density at radius 1 is 0.441 bits per heavy atom. The van der Waals surface area contributed by atoms with Gasteiger partial charge in [0, 0.05) is 55.5 Å². The fourth-order valence-corrected chi connectivity index (χ4v) is 11.5. The Hall–Kier alpha value is -7.56. The summed E-state index contributed by atoms with van der Waals surface area (Å²) in [5, 5.41) is 3.40.